The van der Waals surface area contributed by atoms with Gasteiger partial charge < -0.3 is 10.6 Å². The summed E-state index contributed by atoms with van der Waals surface area (Å²) in [6.07, 6.45) is 3.66. The number of hydrogen-bond acceptors (Lipinski definition) is 3. The Morgan fingerprint density at radius 1 is 1.47 bits per heavy atom. The minimum atomic E-state index is 0.523. The second-order valence-corrected chi connectivity index (χ2v) is 5.91. The highest BCUT2D eigenvalue weighted by atomic mass is 32.1. The zero-order valence-corrected chi connectivity index (χ0v) is 12.2. The van der Waals surface area contributed by atoms with Crippen LogP contribution in [0.15, 0.2) is 17.5 Å². The van der Waals surface area contributed by atoms with Gasteiger partial charge >= 0.3 is 0 Å². The zero-order valence-electron chi connectivity index (χ0n) is 11.4. The summed E-state index contributed by atoms with van der Waals surface area (Å²) in [5, 5.41) is 2.15. The highest BCUT2D eigenvalue weighted by Crippen LogP contribution is 2.16. The summed E-state index contributed by atoms with van der Waals surface area (Å²) in [4.78, 5) is 3.90. The van der Waals surface area contributed by atoms with Gasteiger partial charge in [0.1, 0.15) is 0 Å². The molecule has 2 nitrogen and oxygen atoms in total. The molecule has 17 heavy (non-hydrogen) atoms. The molecule has 98 valence electrons. The van der Waals surface area contributed by atoms with Crippen LogP contribution in [0.1, 0.15) is 31.6 Å². The second kappa shape index (κ2) is 7.85. The van der Waals surface area contributed by atoms with Gasteiger partial charge in [-0.3, -0.25) is 0 Å². The number of rotatable bonds is 8. The molecule has 0 spiro atoms. The molecular weight excluding hydrogens is 228 g/mol. The molecule has 2 unspecified atom stereocenters. The van der Waals surface area contributed by atoms with E-state index < -0.39 is 0 Å². The fourth-order valence-corrected chi connectivity index (χ4v) is 3.10. The number of hydrogen-bond donors (Lipinski definition) is 1. The van der Waals surface area contributed by atoms with E-state index in [0.29, 0.717) is 12.0 Å². The molecule has 0 saturated heterocycles. The molecular formula is C14H26N2S. The first-order valence-corrected chi connectivity index (χ1v) is 7.49. The molecule has 2 atom stereocenters. The average Bonchev–Trinajstić information content (AvgIpc) is 2.80. The minimum Gasteiger partial charge on any atom is -0.329 e. The summed E-state index contributed by atoms with van der Waals surface area (Å²) in [6.45, 7) is 6.44. The molecule has 0 amide bonds. The van der Waals surface area contributed by atoms with Gasteiger partial charge in [0.25, 0.3) is 0 Å². The first-order chi connectivity index (χ1) is 8.19. The quantitative estimate of drug-likeness (QED) is 0.773. The fourth-order valence-electron chi connectivity index (χ4n) is 2.40. The third-order valence-electron chi connectivity index (χ3n) is 3.50. The summed E-state index contributed by atoms with van der Waals surface area (Å²) in [7, 11) is 2.21. The van der Waals surface area contributed by atoms with E-state index in [1.807, 2.05) is 11.3 Å². The van der Waals surface area contributed by atoms with E-state index >= 15 is 0 Å². The molecule has 0 aliphatic carbocycles. The molecule has 2 N–H and O–H groups in total. The van der Waals surface area contributed by atoms with Gasteiger partial charge in [0, 0.05) is 24.0 Å². The first kappa shape index (κ1) is 14.7. The van der Waals surface area contributed by atoms with Crippen molar-refractivity contribution in [3.05, 3.63) is 22.4 Å². The molecule has 0 radical (unpaired) electrons. The van der Waals surface area contributed by atoms with E-state index in [1.54, 1.807) is 0 Å². The van der Waals surface area contributed by atoms with Crippen molar-refractivity contribution < 1.29 is 0 Å². The van der Waals surface area contributed by atoms with Crippen molar-refractivity contribution in [2.75, 3.05) is 20.1 Å². The smallest absolute Gasteiger partial charge is 0.0241 e. The van der Waals surface area contributed by atoms with Crippen molar-refractivity contribution in [2.45, 2.75) is 39.2 Å². The van der Waals surface area contributed by atoms with Gasteiger partial charge in [-0.25, -0.2) is 0 Å². The normalized spacial score (nSPS) is 15.1. The Hall–Kier alpha value is -0.380. The van der Waals surface area contributed by atoms with E-state index in [0.717, 1.165) is 19.5 Å². The Labute approximate surface area is 110 Å². The lowest BCUT2D eigenvalue weighted by molar-refractivity contribution is 0.184. The van der Waals surface area contributed by atoms with Crippen molar-refractivity contribution in [3.8, 4) is 0 Å². The zero-order chi connectivity index (χ0) is 12.7. The van der Waals surface area contributed by atoms with E-state index in [9.17, 15) is 0 Å². The van der Waals surface area contributed by atoms with Crippen molar-refractivity contribution in [2.24, 2.45) is 11.7 Å². The highest BCUT2D eigenvalue weighted by molar-refractivity contribution is 7.09. The standard InChI is InChI=1S/C14H26N2S/c1-4-6-12(2)14(11-15)16(3)9-8-13-7-5-10-17-13/h5,7,10,12,14H,4,6,8-9,11,15H2,1-3H3. The first-order valence-electron chi connectivity index (χ1n) is 6.61. The third-order valence-corrected chi connectivity index (χ3v) is 4.44. The lowest BCUT2D eigenvalue weighted by Crippen LogP contribution is -2.43. The predicted molar refractivity (Wildman–Crippen MR) is 77.6 cm³/mol. The maximum absolute atomic E-state index is 5.91. The Morgan fingerprint density at radius 3 is 2.76 bits per heavy atom. The molecule has 1 aromatic rings. The molecule has 0 saturated carbocycles. The summed E-state index contributed by atoms with van der Waals surface area (Å²) in [5.41, 5.74) is 5.91. The Balaban J connectivity index is 2.40. The molecule has 0 fully saturated rings. The number of nitrogens with two attached hydrogens (primary N) is 1. The maximum atomic E-state index is 5.91. The van der Waals surface area contributed by atoms with Crippen LogP contribution in [0, 0.1) is 5.92 Å². The highest BCUT2D eigenvalue weighted by Gasteiger charge is 2.19. The fraction of sp³-hybridized carbons (Fsp3) is 0.714. The van der Waals surface area contributed by atoms with Crippen LogP contribution >= 0.6 is 11.3 Å². The van der Waals surface area contributed by atoms with Gasteiger partial charge in [0.2, 0.25) is 0 Å². The lowest BCUT2D eigenvalue weighted by Gasteiger charge is -2.31. The third kappa shape index (κ3) is 4.78. The molecule has 1 aromatic heterocycles. The van der Waals surface area contributed by atoms with Crippen LogP contribution in [0.2, 0.25) is 0 Å². The van der Waals surface area contributed by atoms with Crippen LogP contribution < -0.4 is 5.73 Å². The molecule has 3 heteroatoms. The van der Waals surface area contributed by atoms with Gasteiger partial charge in [-0.2, -0.15) is 0 Å². The average molecular weight is 254 g/mol. The van der Waals surface area contributed by atoms with Crippen molar-refractivity contribution in [3.63, 3.8) is 0 Å². The van der Waals surface area contributed by atoms with E-state index in [-0.39, 0.29) is 0 Å². The Bertz CT molecular complexity index is 284. The maximum Gasteiger partial charge on any atom is 0.0241 e. The van der Waals surface area contributed by atoms with Crippen LogP contribution in [0.3, 0.4) is 0 Å². The van der Waals surface area contributed by atoms with Crippen molar-refractivity contribution in [1.29, 1.82) is 0 Å². The van der Waals surface area contributed by atoms with E-state index in [4.69, 9.17) is 5.73 Å². The van der Waals surface area contributed by atoms with Crippen LogP contribution in [-0.4, -0.2) is 31.1 Å². The molecule has 1 rings (SSSR count). The predicted octanol–water partition coefficient (Wildman–Crippen LogP) is 2.99. The van der Waals surface area contributed by atoms with Gasteiger partial charge in [-0.15, -0.1) is 11.3 Å². The number of thiophene rings is 1. The van der Waals surface area contributed by atoms with Crippen LogP contribution in [-0.2, 0) is 6.42 Å². The van der Waals surface area contributed by atoms with Gasteiger partial charge in [0.15, 0.2) is 0 Å². The van der Waals surface area contributed by atoms with E-state index in [2.05, 4.69) is 43.3 Å². The van der Waals surface area contributed by atoms with Gasteiger partial charge in [0.05, 0.1) is 0 Å². The topological polar surface area (TPSA) is 29.3 Å². The van der Waals surface area contributed by atoms with E-state index in [1.165, 1.54) is 17.7 Å². The second-order valence-electron chi connectivity index (χ2n) is 4.88. The Morgan fingerprint density at radius 2 is 2.24 bits per heavy atom. The summed E-state index contributed by atoms with van der Waals surface area (Å²) < 4.78 is 0. The molecule has 1 heterocycles. The SMILES string of the molecule is CCCC(C)C(CN)N(C)CCc1cccs1. The van der Waals surface area contributed by atoms with Gasteiger partial charge in [-0.1, -0.05) is 26.3 Å². The van der Waals surface area contributed by atoms with Crippen molar-refractivity contribution >= 4 is 11.3 Å². The lowest BCUT2D eigenvalue weighted by atomic mass is 9.95. The minimum absolute atomic E-state index is 0.523. The van der Waals surface area contributed by atoms with Crippen LogP contribution in [0.4, 0.5) is 0 Å². The summed E-state index contributed by atoms with van der Waals surface area (Å²) in [6, 6.07) is 4.86. The molecule has 0 aromatic carbocycles. The van der Waals surface area contributed by atoms with Crippen LogP contribution in [0.25, 0.3) is 0 Å². The van der Waals surface area contributed by atoms with Crippen molar-refractivity contribution in [1.82, 2.24) is 4.90 Å². The summed E-state index contributed by atoms with van der Waals surface area (Å²) in [5.74, 6) is 0.693. The molecule has 0 aliphatic heterocycles. The van der Waals surface area contributed by atoms with Gasteiger partial charge in [-0.05, 0) is 37.3 Å². The molecule has 0 aliphatic rings. The molecule has 0 bridgehead atoms. The monoisotopic (exact) mass is 254 g/mol. The Kier molecular flexibility index (Phi) is 6.78. The number of nitrogens with zero attached hydrogens (tertiary/aromatic N) is 1. The number of likely N-dealkylation sites (N-methyl/N-ethyl adjacent to an activating group) is 1. The largest absolute Gasteiger partial charge is 0.329 e. The van der Waals surface area contributed by atoms with Crippen LogP contribution in [0.5, 0.6) is 0 Å². The summed E-state index contributed by atoms with van der Waals surface area (Å²) >= 11 is 1.84.